The maximum atomic E-state index is 4.64. The number of fused-ring (bicyclic) bond motifs is 1. The van der Waals surface area contributed by atoms with Crippen molar-refractivity contribution >= 4 is 17.1 Å². The van der Waals surface area contributed by atoms with Crippen LogP contribution in [0.5, 0.6) is 0 Å². The maximum Gasteiger partial charge on any atom is 0.140 e. The SMILES string of the molecule is C=Cc1cnc2c(c1)cc(C)n2Cc1c(C)cc(C)cc1C. The van der Waals surface area contributed by atoms with Crippen molar-refractivity contribution in [3.63, 3.8) is 0 Å². The summed E-state index contributed by atoms with van der Waals surface area (Å²) in [4.78, 5) is 4.64. The molecular formula is C20H22N2. The molecule has 0 amide bonds. The molecule has 0 aliphatic rings. The van der Waals surface area contributed by atoms with Crippen molar-refractivity contribution in [3.05, 3.63) is 70.6 Å². The summed E-state index contributed by atoms with van der Waals surface area (Å²) in [6.07, 6.45) is 3.73. The normalized spacial score (nSPS) is 11.1. The zero-order chi connectivity index (χ0) is 15.9. The van der Waals surface area contributed by atoms with Gasteiger partial charge in [-0.1, -0.05) is 30.4 Å². The van der Waals surface area contributed by atoms with E-state index in [1.165, 1.54) is 33.3 Å². The molecule has 0 fully saturated rings. The minimum atomic E-state index is 0.869. The summed E-state index contributed by atoms with van der Waals surface area (Å²) in [5.74, 6) is 0. The van der Waals surface area contributed by atoms with E-state index in [4.69, 9.17) is 0 Å². The van der Waals surface area contributed by atoms with Crippen LogP contribution in [0.1, 0.15) is 33.5 Å². The summed E-state index contributed by atoms with van der Waals surface area (Å²) in [7, 11) is 0. The van der Waals surface area contributed by atoms with Gasteiger partial charge in [0.15, 0.2) is 0 Å². The minimum Gasteiger partial charge on any atom is -0.325 e. The Morgan fingerprint density at radius 3 is 2.36 bits per heavy atom. The minimum absolute atomic E-state index is 0.869. The first-order valence-corrected chi connectivity index (χ1v) is 7.64. The number of aryl methyl sites for hydroxylation is 4. The average molecular weight is 290 g/mol. The fourth-order valence-electron chi connectivity index (χ4n) is 3.22. The van der Waals surface area contributed by atoms with Crippen LogP contribution in [0.2, 0.25) is 0 Å². The van der Waals surface area contributed by atoms with Crippen molar-refractivity contribution in [1.29, 1.82) is 0 Å². The molecule has 3 rings (SSSR count). The quantitative estimate of drug-likeness (QED) is 0.666. The number of hydrogen-bond acceptors (Lipinski definition) is 1. The van der Waals surface area contributed by atoms with Gasteiger partial charge in [-0.15, -0.1) is 0 Å². The lowest BCUT2D eigenvalue weighted by atomic mass is 10.00. The van der Waals surface area contributed by atoms with Crippen LogP contribution in [0, 0.1) is 27.7 Å². The molecule has 0 spiro atoms. The van der Waals surface area contributed by atoms with Crippen molar-refractivity contribution in [3.8, 4) is 0 Å². The molecule has 0 aliphatic carbocycles. The lowest BCUT2D eigenvalue weighted by Gasteiger charge is -2.14. The standard InChI is InChI=1S/C20H22N2/c1-6-17-10-18-9-16(5)22(20(18)21-11-17)12-19-14(3)7-13(2)8-15(19)4/h6-11H,1,12H2,2-5H3. The summed E-state index contributed by atoms with van der Waals surface area (Å²) in [5, 5.41) is 1.18. The number of pyridine rings is 1. The number of rotatable bonds is 3. The van der Waals surface area contributed by atoms with Gasteiger partial charge in [0.05, 0.1) is 0 Å². The molecule has 22 heavy (non-hydrogen) atoms. The first-order chi connectivity index (χ1) is 10.5. The molecule has 3 aromatic rings. The Hall–Kier alpha value is -2.35. The molecular weight excluding hydrogens is 268 g/mol. The summed E-state index contributed by atoms with van der Waals surface area (Å²) in [6.45, 7) is 13.4. The van der Waals surface area contributed by atoms with E-state index in [1.807, 2.05) is 12.3 Å². The van der Waals surface area contributed by atoms with Crippen molar-refractivity contribution in [1.82, 2.24) is 9.55 Å². The van der Waals surface area contributed by atoms with E-state index < -0.39 is 0 Å². The van der Waals surface area contributed by atoms with E-state index in [0.29, 0.717) is 0 Å². The molecule has 2 nitrogen and oxygen atoms in total. The molecule has 2 heterocycles. The topological polar surface area (TPSA) is 17.8 Å². The van der Waals surface area contributed by atoms with Crippen LogP contribution in [0.3, 0.4) is 0 Å². The van der Waals surface area contributed by atoms with E-state index in [2.05, 4.69) is 68.1 Å². The van der Waals surface area contributed by atoms with Gasteiger partial charge in [0, 0.05) is 23.8 Å². The monoisotopic (exact) mass is 290 g/mol. The van der Waals surface area contributed by atoms with Crippen LogP contribution in [-0.2, 0) is 6.54 Å². The van der Waals surface area contributed by atoms with Gasteiger partial charge in [-0.2, -0.15) is 0 Å². The zero-order valence-corrected chi connectivity index (χ0v) is 13.8. The van der Waals surface area contributed by atoms with Crippen LogP contribution in [0.25, 0.3) is 17.1 Å². The largest absolute Gasteiger partial charge is 0.325 e. The van der Waals surface area contributed by atoms with E-state index in [9.17, 15) is 0 Å². The molecule has 0 saturated carbocycles. The molecule has 0 aliphatic heterocycles. The second-order valence-corrected chi connectivity index (χ2v) is 6.13. The third kappa shape index (κ3) is 2.45. The van der Waals surface area contributed by atoms with Gasteiger partial charge < -0.3 is 4.57 Å². The van der Waals surface area contributed by atoms with Gasteiger partial charge >= 0.3 is 0 Å². The van der Waals surface area contributed by atoms with Gasteiger partial charge in [-0.25, -0.2) is 4.98 Å². The Morgan fingerprint density at radius 2 is 1.73 bits per heavy atom. The predicted octanol–water partition coefficient (Wildman–Crippen LogP) is 4.96. The fourth-order valence-corrected chi connectivity index (χ4v) is 3.22. The lowest BCUT2D eigenvalue weighted by Crippen LogP contribution is -2.06. The highest BCUT2D eigenvalue weighted by Gasteiger charge is 2.11. The predicted molar refractivity (Wildman–Crippen MR) is 94.3 cm³/mol. The van der Waals surface area contributed by atoms with Crippen LogP contribution >= 0.6 is 0 Å². The molecule has 0 N–H and O–H groups in total. The summed E-state index contributed by atoms with van der Waals surface area (Å²) in [5.41, 5.74) is 8.75. The Kier molecular flexibility index (Phi) is 3.61. The van der Waals surface area contributed by atoms with Crippen molar-refractivity contribution in [2.75, 3.05) is 0 Å². The first-order valence-electron chi connectivity index (χ1n) is 7.64. The lowest BCUT2D eigenvalue weighted by molar-refractivity contribution is 0.784. The molecule has 0 radical (unpaired) electrons. The average Bonchev–Trinajstić information content (AvgIpc) is 2.77. The van der Waals surface area contributed by atoms with E-state index in [0.717, 1.165) is 17.8 Å². The van der Waals surface area contributed by atoms with Gasteiger partial charge in [0.25, 0.3) is 0 Å². The molecule has 0 saturated heterocycles. The first kappa shape index (κ1) is 14.6. The van der Waals surface area contributed by atoms with Crippen LogP contribution < -0.4 is 0 Å². The second kappa shape index (κ2) is 5.45. The zero-order valence-electron chi connectivity index (χ0n) is 13.8. The third-order valence-corrected chi connectivity index (χ3v) is 4.35. The number of aromatic nitrogens is 2. The number of benzene rings is 1. The third-order valence-electron chi connectivity index (χ3n) is 4.35. The van der Waals surface area contributed by atoms with Crippen molar-refractivity contribution < 1.29 is 0 Å². The highest BCUT2D eigenvalue weighted by atomic mass is 15.0. The molecule has 2 aromatic heterocycles. The van der Waals surface area contributed by atoms with Crippen molar-refractivity contribution in [2.45, 2.75) is 34.2 Å². The highest BCUT2D eigenvalue weighted by molar-refractivity contribution is 5.80. The van der Waals surface area contributed by atoms with E-state index >= 15 is 0 Å². The van der Waals surface area contributed by atoms with Gasteiger partial charge in [-0.3, -0.25) is 0 Å². The Morgan fingerprint density at radius 1 is 1.05 bits per heavy atom. The van der Waals surface area contributed by atoms with Crippen LogP contribution in [-0.4, -0.2) is 9.55 Å². The molecule has 112 valence electrons. The fraction of sp³-hybridized carbons (Fsp3) is 0.250. The maximum absolute atomic E-state index is 4.64. The molecule has 0 unspecified atom stereocenters. The molecule has 0 atom stereocenters. The van der Waals surface area contributed by atoms with Gasteiger partial charge in [-0.05, 0) is 62.1 Å². The smallest absolute Gasteiger partial charge is 0.140 e. The number of hydrogen-bond donors (Lipinski definition) is 0. The Labute approximate surface area is 132 Å². The summed E-state index contributed by atoms with van der Waals surface area (Å²) >= 11 is 0. The Balaban J connectivity index is 2.12. The molecule has 1 aromatic carbocycles. The van der Waals surface area contributed by atoms with Gasteiger partial charge in [0.2, 0.25) is 0 Å². The summed E-state index contributed by atoms with van der Waals surface area (Å²) < 4.78 is 2.30. The van der Waals surface area contributed by atoms with Crippen LogP contribution in [0.15, 0.2) is 37.0 Å². The highest BCUT2D eigenvalue weighted by Crippen LogP contribution is 2.23. The second-order valence-electron chi connectivity index (χ2n) is 6.13. The molecule has 0 bridgehead atoms. The van der Waals surface area contributed by atoms with Crippen LogP contribution in [0.4, 0.5) is 0 Å². The van der Waals surface area contributed by atoms with Gasteiger partial charge in [0.1, 0.15) is 5.65 Å². The number of nitrogens with zero attached hydrogens (tertiary/aromatic N) is 2. The van der Waals surface area contributed by atoms with Crippen molar-refractivity contribution in [2.24, 2.45) is 0 Å². The molecule has 2 heteroatoms. The Bertz CT molecular complexity index is 846. The summed E-state index contributed by atoms with van der Waals surface area (Å²) in [6, 6.07) is 8.86. The van der Waals surface area contributed by atoms with E-state index in [-0.39, 0.29) is 0 Å². The van der Waals surface area contributed by atoms with E-state index in [1.54, 1.807) is 0 Å².